The molecule has 2 aromatic rings. The molecule has 2 N–H and O–H groups in total. The first-order chi connectivity index (χ1) is 9.25. The third kappa shape index (κ3) is 2.53. The molecule has 1 aromatic carbocycles. The zero-order valence-corrected chi connectivity index (χ0v) is 12.0. The van der Waals surface area contributed by atoms with Gasteiger partial charge >= 0.3 is 0 Å². The molecule has 5 heteroatoms. The molecule has 1 aliphatic heterocycles. The van der Waals surface area contributed by atoms with Crippen LogP contribution in [0.4, 0.5) is 0 Å². The van der Waals surface area contributed by atoms with Crippen molar-refractivity contribution in [2.24, 2.45) is 0 Å². The van der Waals surface area contributed by atoms with Gasteiger partial charge in [0.1, 0.15) is 11.9 Å². The zero-order valence-electron chi connectivity index (χ0n) is 10.4. The van der Waals surface area contributed by atoms with E-state index in [1.54, 1.807) is 6.20 Å². The zero-order chi connectivity index (χ0) is 13.2. The van der Waals surface area contributed by atoms with Crippen molar-refractivity contribution in [1.29, 1.82) is 0 Å². The number of rotatable bonds is 2. The fraction of sp³-hybridized carbons (Fsp3) is 0.357. The Bertz CT molecular complexity index is 647. The highest BCUT2D eigenvalue weighted by molar-refractivity contribution is 9.10. The van der Waals surface area contributed by atoms with Gasteiger partial charge in [0, 0.05) is 23.5 Å². The molecule has 2 heterocycles. The lowest BCUT2D eigenvalue weighted by Gasteiger charge is -2.24. The van der Waals surface area contributed by atoms with Crippen LogP contribution >= 0.6 is 15.9 Å². The van der Waals surface area contributed by atoms with E-state index in [1.165, 1.54) is 0 Å². The summed E-state index contributed by atoms with van der Waals surface area (Å²) >= 11 is 3.54. The van der Waals surface area contributed by atoms with Crippen LogP contribution in [0.1, 0.15) is 12.8 Å². The Morgan fingerprint density at radius 2 is 2.16 bits per heavy atom. The summed E-state index contributed by atoms with van der Waals surface area (Å²) in [5.41, 5.74) is -0.0796. The highest BCUT2D eigenvalue weighted by Gasteiger charge is 2.16. The number of hydrogen-bond acceptors (Lipinski definition) is 3. The Hall–Kier alpha value is -1.33. The number of benzene rings is 1. The van der Waals surface area contributed by atoms with Crippen LogP contribution in [-0.4, -0.2) is 24.2 Å². The predicted molar refractivity (Wildman–Crippen MR) is 78.8 cm³/mol. The minimum atomic E-state index is -0.0796. The van der Waals surface area contributed by atoms with Crippen LogP contribution in [0.2, 0.25) is 0 Å². The molecule has 1 atom stereocenters. The van der Waals surface area contributed by atoms with Crippen molar-refractivity contribution < 1.29 is 4.74 Å². The molecule has 0 bridgehead atoms. The fourth-order valence-electron chi connectivity index (χ4n) is 2.40. The van der Waals surface area contributed by atoms with Crippen LogP contribution in [0.25, 0.3) is 10.8 Å². The predicted octanol–water partition coefficient (Wildman–Crippen LogP) is 2.42. The molecular weight excluding hydrogens is 308 g/mol. The van der Waals surface area contributed by atoms with E-state index in [0.717, 1.165) is 41.5 Å². The molecule has 100 valence electrons. The molecule has 19 heavy (non-hydrogen) atoms. The van der Waals surface area contributed by atoms with Gasteiger partial charge in [0.25, 0.3) is 5.56 Å². The number of fused-ring (bicyclic) bond motifs is 1. The fourth-order valence-corrected chi connectivity index (χ4v) is 2.97. The normalized spacial score (nSPS) is 19.5. The van der Waals surface area contributed by atoms with Crippen molar-refractivity contribution in [3.63, 3.8) is 0 Å². The number of ether oxygens (including phenoxy) is 1. The third-order valence-electron chi connectivity index (χ3n) is 3.40. The number of pyridine rings is 1. The average Bonchev–Trinajstić information content (AvgIpc) is 2.44. The first kappa shape index (κ1) is 12.7. The molecular formula is C14H15BrN2O2. The SMILES string of the molecule is O=c1[nH]ccc2c(Br)c(OC3CCCNC3)ccc12. The van der Waals surface area contributed by atoms with E-state index >= 15 is 0 Å². The molecule has 1 aliphatic rings. The lowest BCUT2D eigenvalue weighted by molar-refractivity contribution is 0.166. The summed E-state index contributed by atoms with van der Waals surface area (Å²) in [7, 11) is 0. The van der Waals surface area contributed by atoms with Crippen molar-refractivity contribution in [3.05, 3.63) is 39.2 Å². The van der Waals surface area contributed by atoms with Crippen molar-refractivity contribution in [1.82, 2.24) is 10.3 Å². The van der Waals surface area contributed by atoms with Crippen molar-refractivity contribution >= 4 is 26.7 Å². The van der Waals surface area contributed by atoms with Gasteiger partial charge < -0.3 is 15.0 Å². The Labute approximate surface area is 119 Å². The van der Waals surface area contributed by atoms with Gasteiger partial charge in [-0.05, 0) is 53.5 Å². The summed E-state index contributed by atoms with van der Waals surface area (Å²) in [6.07, 6.45) is 4.05. The van der Waals surface area contributed by atoms with Gasteiger partial charge in [-0.1, -0.05) is 0 Å². The van der Waals surface area contributed by atoms with Gasteiger partial charge in [-0.3, -0.25) is 4.79 Å². The molecule has 4 nitrogen and oxygen atoms in total. The Kier molecular flexibility index (Phi) is 3.57. The number of piperidine rings is 1. The molecule has 0 saturated carbocycles. The van der Waals surface area contributed by atoms with Gasteiger partial charge in [-0.15, -0.1) is 0 Å². The molecule has 0 spiro atoms. The molecule has 3 rings (SSSR count). The molecule has 1 unspecified atom stereocenters. The molecule has 0 aliphatic carbocycles. The van der Waals surface area contributed by atoms with Gasteiger partial charge in [0.2, 0.25) is 0 Å². The quantitative estimate of drug-likeness (QED) is 0.892. The maximum atomic E-state index is 11.7. The minimum Gasteiger partial charge on any atom is -0.488 e. The second-order valence-corrected chi connectivity index (χ2v) is 5.52. The maximum absolute atomic E-state index is 11.7. The standard InChI is InChI=1S/C14H15BrN2O2/c15-13-10-5-7-17-14(18)11(10)3-4-12(13)19-9-2-1-6-16-8-9/h3-5,7,9,16H,1-2,6,8H2,(H,17,18). The van der Waals surface area contributed by atoms with Crippen LogP contribution < -0.4 is 15.6 Å². The summed E-state index contributed by atoms with van der Waals surface area (Å²) in [5, 5.41) is 4.88. The smallest absolute Gasteiger partial charge is 0.255 e. The number of aromatic amines is 1. The summed E-state index contributed by atoms with van der Waals surface area (Å²) in [4.78, 5) is 14.4. The van der Waals surface area contributed by atoms with Gasteiger partial charge in [-0.25, -0.2) is 0 Å². The largest absolute Gasteiger partial charge is 0.488 e. The van der Waals surface area contributed by atoms with E-state index in [9.17, 15) is 4.79 Å². The second-order valence-electron chi connectivity index (χ2n) is 4.73. The molecule has 0 amide bonds. The molecule has 1 fully saturated rings. The minimum absolute atomic E-state index is 0.0796. The monoisotopic (exact) mass is 322 g/mol. The van der Waals surface area contributed by atoms with Crippen LogP contribution in [0, 0.1) is 0 Å². The molecule has 0 radical (unpaired) electrons. The van der Waals surface area contributed by atoms with E-state index in [-0.39, 0.29) is 11.7 Å². The highest BCUT2D eigenvalue weighted by Crippen LogP contribution is 2.32. The molecule has 1 saturated heterocycles. The molecule has 1 aromatic heterocycles. The Morgan fingerprint density at radius 3 is 2.95 bits per heavy atom. The number of H-pyrrole nitrogens is 1. The van der Waals surface area contributed by atoms with Crippen molar-refractivity contribution in [2.45, 2.75) is 18.9 Å². The van der Waals surface area contributed by atoms with Crippen molar-refractivity contribution in [2.75, 3.05) is 13.1 Å². The van der Waals surface area contributed by atoms with E-state index in [1.807, 2.05) is 18.2 Å². The average molecular weight is 323 g/mol. The van der Waals surface area contributed by atoms with E-state index in [0.29, 0.717) is 5.39 Å². The van der Waals surface area contributed by atoms with E-state index in [2.05, 4.69) is 26.2 Å². The van der Waals surface area contributed by atoms with Crippen LogP contribution in [0.15, 0.2) is 33.7 Å². The highest BCUT2D eigenvalue weighted by atomic mass is 79.9. The van der Waals surface area contributed by atoms with Crippen LogP contribution in [-0.2, 0) is 0 Å². The second kappa shape index (κ2) is 5.35. The number of aromatic nitrogens is 1. The summed E-state index contributed by atoms with van der Waals surface area (Å²) in [6.45, 7) is 1.94. The van der Waals surface area contributed by atoms with E-state index < -0.39 is 0 Å². The summed E-state index contributed by atoms with van der Waals surface area (Å²) < 4.78 is 6.86. The van der Waals surface area contributed by atoms with Crippen LogP contribution in [0.3, 0.4) is 0 Å². The lowest BCUT2D eigenvalue weighted by atomic mass is 10.1. The number of halogens is 1. The van der Waals surface area contributed by atoms with Gasteiger partial charge in [0.05, 0.1) is 4.47 Å². The van der Waals surface area contributed by atoms with Crippen molar-refractivity contribution in [3.8, 4) is 5.75 Å². The first-order valence-electron chi connectivity index (χ1n) is 6.43. The van der Waals surface area contributed by atoms with E-state index in [4.69, 9.17) is 4.74 Å². The third-order valence-corrected chi connectivity index (χ3v) is 4.22. The Balaban J connectivity index is 1.96. The maximum Gasteiger partial charge on any atom is 0.255 e. The summed E-state index contributed by atoms with van der Waals surface area (Å²) in [6, 6.07) is 5.55. The van der Waals surface area contributed by atoms with Crippen LogP contribution in [0.5, 0.6) is 5.75 Å². The summed E-state index contributed by atoms with van der Waals surface area (Å²) in [5.74, 6) is 0.798. The first-order valence-corrected chi connectivity index (χ1v) is 7.22. The topological polar surface area (TPSA) is 54.1 Å². The lowest BCUT2D eigenvalue weighted by Crippen LogP contribution is -2.37. The number of nitrogens with one attached hydrogen (secondary N) is 2. The van der Waals surface area contributed by atoms with Gasteiger partial charge in [0.15, 0.2) is 0 Å². The number of hydrogen-bond donors (Lipinski definition) is 2. The van der Waals surface area contributed by atoms with Gasteiger partial charge in [-0.2, -0.15) is 0 Å². The Morgan fingerprint density at radius 1 is 1.26 bits per heavy atom.